The molecular weight excluding hydrogens is 322 g/mol. The van der Waals surface area contributed by atoms with Gasteiger partial charge in [-0.3, -0.25) is 0 Å². The van der Waals surface area contributed by atoms with E-state index in [4.69, 9.17) is 15.2 Å². The van der Waals surface area contributed by atoms with Crippen molar-refractivity contribution in [2.45, 2.75) is 19.3 Å². The number of halogens is 1. The van der Waals surface area contributed by atoms with Gasteiger partial charge in [-0.05, 0) is 46.5 Å². The van der Waals surface area contributed by atoms with Crippen LogP contribution in [0.1, 0.15) is 17.7 Å². The van der Waals surface area contributed by atoms with Gasteiger partial charge in [0.2, 0.25) is 0 Å². The van der Waals surface area contributed by atoms with E-state index in [0.29, 0.717) is 19.2 Å². The van der Waals surface area contributed by atoms with Gasteiger partial charge in [0.25, 0.3) is 0 Å². The highest BCUT2D eigenvalue weighted by Gasteiger charge is 2.11. The van der Waals surface area contributed by atoms with Crippen LogP contribution in [0.15, 0.2) is 22.8 Å². The van der Waals surface area contributed by atoms with Crippen LogP contribution in [0, 0.1) is 0 Å². The second kappa shape index (κ2) is 5.75. The highest BCUT2D eigenvalue weighted by atomic mass is 79.9. The highest BCUT2D eigenvalue weighted by molar-refractivity contribution is 9.10. The van der Waals surface area contributed by atoms with Crippen molar-refractivity contribution in [1.82, 2.24) is 9.97 Å². The lowest BCUT2D eigenvalue weighted by molar-refractivity contribution is 0.297. The third-order valence-corrected chi connectivity index (χ3v) is 3.88. The number of imidazole rings is 1. The minimum Gasteiger partial charge on any atom is -0.490 e. The van der Waals surface area contributed by atoms with Crippen molar-refractivity contribution in [3.05, 3.63) is 34.1 Å². The Bertz CT molecular complexity index is 612. The molecule has 0 amide bonds. The molecule has 3 N–H and O–H groups in total. The Morgan fingerprint density at radius 3 is 2.75 bits per heavy atom. The summed E-state index contributed by atoms with van der Waals surface area (Å²) < 4.78 is 12.1. The summed E-state index contributed by atoms with van der Waals surface area (Å²) in [6.07, 6.45) is 2.64. The predicted molar refractivity (Wildman–Crippen MR) is 80.2 cm³/mol. The lowest BCUT2D eigenvalue weighted by Gasteiger charge is -2.09. The Morgan fingerprint density at radius 2 is 2.00 bits per heavy atom. The SMILES string of the molecule is Nc1nc(Br)c(CCc2ccc3c(c2)OCCCO3)[nH]1. The first-order valence-corrected chi connectivity index (χ1v) is 7.40. The number of benzene rings is 1. The molecule has 1 aromatic heterocycles. The largest absolute Gasteiger partial charge is 0.490 e. The lowest BCUT2D eigenvalue weighted by atomic mass is 10.1. The van der Waals surface area contributed by atoms with Gasteiger partial charge in [0.05, 0.1) is 18.9 Å². The summed E-state index contributed by atoms with van der Waals surface area (Å²) in [6, 6.07) is 6.10. The number of aromatic amines is 1. The Hall–Kier alpha value is -1.69. The number of fused-ring (bicyclic) bond motifs is 1. The number of hydrogen-bond donors (Lipinski definition) is 2. The van der Waals surface area contributed by atoms with E-state index in [1.165, 1.54) is 5.56 Å². The first-order valence-electron chi connectivity index (χ1n) is 6.61. The van der Waals surface area contributed by atoms with E-state index in [1.807, 2.05) is 12.1 Å². The molecule has 2 aromatic rings. The number of H-pyrrole nitrogens is 1. The average molecular weight is 338 g/mol. The van der Waals surface area contributed by atoms with Crippen LogP contribution in [0.5, 0.6) is 11.5 Å². The third-order valence-electron chi connectivity index (χ3n) is 3.22. The molecule has 0 radical (unpaired) electrons. The molecule has 6 heteroatoms. The number of nitrogens with zero attached hydrogens (tertiary/aromatic N) is 1. The number of aryl methyl sites for hydroxylation is 2. The highest BCUT2D eigenvalue weighted by Crippen LogP contribution is 2.31. The summed E-state index contributed by atoms with van der Waals surface area (Å²) in [7, 11) is 0. The molecule has 106 valence electrons. The normalized spacial score (nSPS) is 14.1. The molecule has 0 unspecified atom stereocenters. The van der Waals surface area contributed by atoms with E-state index in [2.05, 4.69) is 32.0 Å². The molecule has 20 heavy (non-hydrogen) atoms. The van der Waals surface area contributed by atoms with Crippen LogP contribution in [0.3, 0.4) is 0 Å². The zero-order valence-corrected chi connectivity index (χ0v) is 12.6. The summed E-state index contributed by atoms with van der Waals surface area (Å²) in [6.45, 7) is 1.42. The quantitative estimate of drug-likeness (QED) is 0.903. The maximum Gasteiger partial charge on any atom is 0.198 e. The summed E-state index contributed by atoms with van der Waals surface area (Å²) in [5.74, 6) is 2.10. The number of ether oxygens (including phenoxy) is 2. The molecule has 0 saturated heterocycles. The van der Waals surface area contributed by atoms with Gasteiger partial charge in [-0.15, -0.1) is 0 Å². The van der Waals surface area contributed by atoms with Crippen molar-refractivity contribution < 1.29 is 9.47 Å². The minimum atomic E-state index is 0.436. The molecule has 0 saturated carbocycles. The lowest BCUT2D eigenvalue weighted by Crippen LogP contribution is -1.97. The maximum atomic E-state index is 5.69. The van der Waals surface area contributed by atoms with Gasteiger partial charge in [0.1, 0.15) is 4.60 Å². The Kier molecular flexibility index (Phi) is 3.82. The number of aromatic nitrogens is 2. The van der Waals surface area contributed by atoms with Crippen molar-refractivity contribution in [2.24, 2.45) is 0 Å². The van der Waals surface area contributed by atoms with E-state index >= 15 is 0 Å². The number of nitrogen functional groups attached to an aromatic ring is 1. The summed E-state index contributed by atoms with van der Waals surface area (Å²) in [4.78, 5) is 7.15. The number of nitrogens with two attached hydrogens (primary N) is 1. The van der Waals surface area contributed by atoms with Crippen molar-refractivity contribution in [1.29, 1.82) is 0 Å². The molecule has 5 nitrogen and oxygen atoms in total. The van der Waals surface area contributed by atoms with Crippen LogP contribution >= 0.6 is 15.9 Å². The van der Waals surface area contributed by atoms with Gasteiger partial charge in [-0.1, -0.05) is 6.07 Å². The third kappa shape index (κ3) is 2.90. The molecule has 1 aliphatic heterocycles. The molecule has 0 fully saturated rings. The van der Waals surface area contributed by atoms with Gasteiger partial charge >= 0.3 is 0 Å². The first kappa shape index (κ1) is 13.3. The fourth-order valence-corrected chi connectivity index (χ4v) is 2.69. The molecule has 0 atom stereocenters. The first-order chi connectivity index (χ1) is 9.72. The Balaban J connectivity index is 1.72. The molecule has 1 aromatic carbocycles. The fourth-order valence-electron chi connectivity index (χ4n) is 2.21. The number of hydrogen-bond acceptors (Lipinski definition) is 4. The van der Waals surface area contributed by atoms with E-state index in [-0.39, 0.29) is 0 Å². The van der Waals surface area contributed by atoms with Crippen molar-refractivity contribution >= 4 is 21.9 Å². The van der Waals surface area contributed by atoms with Crippen LogP contribution in [0.4, 0.5) is 5.95 Å². The van der Waals surface area contributed by atoms with Crippen LogP contribution in [0.2, 0.25) is 0 Å². The van der Waals surface area contributed by atoms with Crippen LogP contribution in [-0.4, -0.2) is 23.2 Å². The molecule has 3 rings (SSSR count). The predicted octanol–water partition coefficient (Wildman–Crippen LogP) is 2.70. The summed E-state index contributed by atoms with van der Waals surface area (Å²) in [5.41, 5.74) is 7.84. The zero-order valence-electron chi connectivity index (χ0n) is 11.0. The van der Waals surface area contributed by atoms with Crippen molar-refractivity contribution in [3.8, 4) is 11.5 Å². The molecule has 1 aliphatic rings. The Labute approximate surface area is 125 Å². The van der Waals surface area contributed by atoms with Gasteiger partial charge in [-0.25, -0.2) is 4.98 Å². The molecule has 0 bridgehead atoms. The van der Waals surface area contributed by atoms with Crippen molar-refractivity contribution in [2.75, 3.05) is 18.9 Å². The fraction of sp³-hybridized carbons (Fsp3) is 0.357. The van der Waals surface area contributed by atoms with E-state index in [1.54, 1.807) is 0 Å². The standard InChI is InChI=1S/C14H16BrN3O2/c15-13-10(17-14(16)18-13)4-2-9-3-5-11-12(8-9)20-7-1-6-19-11/h3,5,8H,1-2,4,6-7H2,(H3,16,17,18). The van der Waals surface area contributed by atoms with Crippen LogP contribution < -0.4 is 15.2 Å². The average Bonchev–Trinajstić information content (AvgIpc) is 2.64. The van der Waals surface area contributed by atoms with E-state index in [0.717, 1.165) is 41.1 Å². The van der Waals surface area contributed by atoms with Gasteiger partial charge < -0.3 is 20.2 Å². The summed E-state index contributed by atoms with van der Waals surface area (Å²) >= 11 is 3.39. The van der Waals surface area contributed by atoms with Gasteiger partial charge in [0, 0.05) is 6.42 Å². The van der Waals surface area contributed by atoms with Crippen LogP contribution in [0.25, 0.3) is 0 Å². The number of nitrogens with one attached hydrogen (secondary N) is 1. The topological polar surface area (TPSA) is 73.2 Å². The van der Waals surface area contributed by atoms with Gasteiger partial charge in [-0.2, -0.15) is 0 Å². The van der Waals surface area contributed by atoms with Crippen LogP contribution in [-0.2, 0) is 12.8 Å². The molecule has 0 aliphatic carbocycles. The maximum absolute atomic E-state index is 5.69. The molecular formula is C14H16BrN3O2. The molecule has 0 spiro atoms. The smallest absolute Gasteiger partial charge is 0.198 e. The van der Waals surface area contributed by atoms with Crippen molar-refractivity contribution in [3.63, 3.8) is 0 Å². The second-order valence-corrected chi connectivity index (χ2v) is 5.47. The number of anilines is 1. The second-order valence-electron chi connectivity index (χ2n) is 4.72. The van der Waals surface area contributed by atoms with E-state index in [9.17, 15) is 0 Å². The van der Waals surface area contributed by atoms with Gasteiger partial charge in [0.15, 0.2) is 17.4 Å². The Morgan fingerprint density at radius 1 is 1.20 bits per heavy atom. The molecule has 2 heterocycles. The monoisotopic (exact) mass is 337 g/mol. The number of rotatable bonds is 3. The minimum absolute atomic E-state index is 0.436. The van der Waals surface area contributed by atoms with E-state index < -0.39 is 0 Å². The summed E-state index contributed by atoms with van der Waals surface area (Å²) in [5, 5.41) is 0. The zero-order chi connectivity index (χ0) is 13.9.